The van der Waals surface area contributed by atoms with Gasteiger partial charge in [0.1, 0.15) is 13.2 Å². The largest absolute Gasteiger partial charge is 0.488 e. The lowest BCUT2D eigenvalue weighted by Crippen LogP contribution is -2.48. The van der Waals surface area contributed by atoms with Gasteiger partial charge in [0.25, 0.3) is 5.91 Å². The van der Waals surface area contributed by atoms with E-state index in [9.17, 15) is 14.0 Å². The number of benzene rings is 2. The topological polar surface area (TPSA) is 49.9 Å². The number of fused-ring (bicyclic) bond motifs is 1. The molecule has 0 saturated heterocycles. The molecule has 0 N–H and O–H groups in total. The van der Waals surface area contributed by atoms with Gasteiger partial charge in [-0.05, 0) is 66.5 Å². The third-order valence-electron chi connectivity index (χ3n) is 6.46. The van der Waals surface area contributed by atoms with Crippen LogP contribution in [0.2, 0.25) is 0 Å². The van der Waals surface area contributed by atoms with Crippen LogP contribution in [-0.4, -0.2) is 47.9 Å². The van der Waals surface area contributed by atoms with E-state index in [-0.39, 0.29) is 36.8 Å². The Kier molecular flexibility index (Phi) is 6.63. The highest BCUT2D eigenvalue weighted by atomic mass is 32.1. The summed E-state index contributed by atoms with van der Waals surface area (Å²) in [5.74, 6) is -0.0136. The summed E-state index contributed by atoms with van der Waals surface area (Å²) in [6.07, 6.45) is 2.95. The predicted molar refractivity (Wildman–Crippen MR) is 129 cm³/mol. The summed E-state index contributed by atoms with van der Waals surface area (Å²) in [5, 5.41) is 2.02. The molecule has 0 spiro atoms. The van der Waals surface area contributed by atoms with E-state index in [1.165, 1.54) is 10.9 Å². The van der Waals surface area contributed by atoms with Gasteiger partial charge in [-0.3, -0.25) is 9.59 Å². The minimum Gasteiger partial charge on any atom is -0.488 e. The van der Waals surface area contributed by atoms with Gasteiger partial charge in [0.2, 0.25) is 5.91 Å². The Morgan fingerprint density at radius 3 is 2.59 bits per heavy atom. The van der Waals surface area contributed by atoms with E-state index in [0.717, 1.165) is 24.8 Å². The molecule has 176 valence electrons. The SMILES string of the molecule is O=C(c1ccccc1)N(CC(=O)N1CCc2sccc2[C@@H]1COc1ccccc1F)CC1CC1. The van der Waals surface area contributed by atoms with E-state index in [4.69, 9.17) is 4.74 Å². The van der Waals surface area contributed by atoms with E-state index in [1.807, 2.05) is 29.6 Å². The maximum absolute atomic E-state index is 14.1. The van der Waals surface area contributed by atoms with Crippen LogP contribution in [0.5, 0.6) is 5.75 Å². The molecule has 34 heavy (non-hydrogen) atoms. The van der Waals surface area contributed by atoms with Gasteiger partial charge in [-0.2, -0.15) is 0 Å². The van der Waals surface area contributed by atoms with Crippen molar-refractivity contribution >= 4 is 23.2 Å². The van der Waals surface area contributed by atoms with Crippen molar-refractivity contribution in [1.82, 2.24) is 9.80 Å². The number of halogens is 1. The summed E-state index contributed by atoms with van der Waals surface area (Å²) in [7, 11) is 0. The number of hydrogen-bond acceptors (Lipinski definition) is 4. The van der Waals surface area contributed by atoms with Gasteiger partial charge in [0.05, 0.1) is 6.04 Å². The number of hydrogen-bond donors (Lipinski definition) is 0. The number of thiophene rings is 1. The zero-order chi connectivity index (χ0) is 23.5. The van der Waals surface area contributed by atoms with Gasteiger partial charge in [0, 0.05) is 23.5 Å². The Balaban J connectivity index is 1.34. The van der Waals surface area contributed by atoms with Crippen LogP contribution in [0.3, 0.4) is 0 Å². The molecular weight excluding hydrogens is 451 g/mol. The third kappa shape index (κ3) is 4.99. The van der Waals surface area contributed by atoms with E-state index in [1.54, 1.807) is 51.5 Å². The molecule has 1 saturated carbocycles. The summed E-state index contributed by atoms with van der Waals surface area (Å²) >= 11 is 1.67. The summed E-state index contributed by atoms with van der Waals surface area (Å²) in [6, 6.07) is 17.1. The van der Waals surface area contributed by atoms with Crippen molar-refractivity contribution < 1.29 is 18.7 Å². The predicted octanol–water partition coefficient (Wildman–Crippen LogP) is 4.94. The van der Waals surface area contributed by atoms with Crippen molar-refractivity contribution in [2.45, 2.75) is 25.3 Å². The lowest BCUT2D eigenvalue weighted by molar-refractivity contribution is -0.135. The molecule has 3 aromatic rings. The third-order valence-corrected chi connectivity index (χ3v) is 7.45. The number of amides is 2. The second-order valence-corrected chi connectivity index (χ2v) is 9.89. The molecule has 0 bridgehead atoms. The Hall–Kier alpha value is -3.19. The fourth-order valence-corrected chi connectivity index (χ4v) is 5.38. The molecule has 2 aliphatic rings. The molecule has 1 fully saturated rings. The van der Waals surface area contributed by atoms with Gasteiger partial charge in [-0.15, -0.1) is 11.3 Å². The fraction of sp³-hybridized carbons (Fsp3) is 0.333. The van der Waals surface area contributed by atoms with Crippen molar-refractivity contribution in [3.05, 3.63) is 87.9 Å². The van der Waals surface area contributed by atoms with Crippen molar-refractivity contribution in [2.24, 2.45) is 5.92 Å². The number of nitrogens with zero attached hydrogens (tertiary/aromatic N) is 2. The van der Waals surface area contributed by atoms with Crippen molar-refractivity contribution in [2.75, 3.05) is 26.2 Å². The smallest absolute Gasteiger partial charge is 0.254 e. The summed E-state index contributed by atoms with van der Waals surface area (Å²) in [6.45, 7) is 1.33. The van der Waals surface area contributed by atoms with Gasteiger partial charge >= 0.3 is 0 Å². The number of carbonyl (C=O) groups is 2. The first-order chi connectivity index (χ1) is 16.6. The molecule has 2 amide bonds. The standard InChI is InChI=1S/C27H27FN2O3S/c28-22-8-4-5-9-24(22)33-18-23-21-13-15-34-25(21)12-14-30(23)26(31)17-29(16-19-10-11-19)27(32)20-6-2-1-3-7-20/h1-9,13,15,19,23H,10-12,14,16-18H2/t23-/m0/s1. The Labute approximate surface area is 202 Å². The van der Waals surface area contributed by atoms with Gasteiger partial charge in [-0.1, -0.05) is 30.3 Å². The van der Waals surface area contributed by atoms with Crippen molar-refractivity contribution in [1.29, 1.82) is 0 Å². The van der Waals surface area contributed by atoms with Crippen molar-refractivity contribution in [3.63, 3.8) is 0 Å². The number of rotatable bonds is 8. The minimum absolute atomic E-state index is 0.0277. The maximum Gasteiger partial charge on any atom is 0.254 e. The second kappa shape index (κ2) is 9.97. The monoisotopic (exact) mass is 478 g/mol. The van der Waals surface area contributed by atoms with Gasteiger partial charge in [-0.25, -0.2) is 4.39 Å². The molecule has 5 nitrogen and oxygen atoms in total. The Morgan fingerprint density at radius 1 is 1.06 bits per heavy atom. The molecule has 1 aliphatic heterocycles. The maximum atomic E-state index is 14.1. The Bertz CT molecular complexity index is 1160. The van der Waals surface area contributed by atoms with Crippen LogP contribution in [0, 0.1) is 11.7 Å². The van der Waals surface area contributed by atoms with E-state index >= 15 is 0 Å². The second-order valence-electron chi connectivity index (χ2n) is 8.89. The first-order valence-electron chi connectivity index (χ1n) is 11.7. The quantitative estimate of drug-likeness (QED) is 0.461. The highest BCUT2D eigenvalue weighted by Crippen LogP contribution is 2.35. The molecule has 5 rings (SSSR count). The zero-order valence-corrected chi connectivity index (χ0v) is 19.7. The molecule has 2 aromatic carbocycles. The van der Waals surface area contributed by atoms with Crippen LogP contribution in [0.15, 0.2) is 66.0 Å². The van der Waals surface area contributed by atoms with Crippen LogP contribution in [0.25, 0.3) is 0 Å². The van der Waals surface area contributed by atoms with Crippen LogP contribution in [-0.2, 0) is 11.2 Å². The fourth-order valence-electron chi connectivity index (χ4n) is 4.45. The average molecular weight is 479 g/mol. The van der Waals surface area contributed by atoms with E-state index in [2.05, 4.69) is 0 Å². The van der Waals surface area contributed by atoms with Crippen LogP contribution in [0.1, 0.15) is 39.7 Å². The number of ether oxygens (including phenoxy) is 1. The molecule has 7 heteroatoms. The Morgan fingerprint density at radius 2 is 1.82 bits per heavy atom. The van der Waals surface area contributed by atoms with E-state index in [0.29, 0.717) is 24.6 Å². The molecule has 0 radical (unpaired) electrons. The van der Waals surface area contributed by atoms with Gasteiger partial charge in [0.15, 0.2) is 11.6 Å². The summed E-state index contributed by atoms with van der Waals surface area (Å²) in [5.41, 5.74) is 1.64. The average Bonchev–Trinajstić information content (AvgIpc) is 3.55. The highest BCUT2D eigenvalue weighted by molar-refractivity contribution is 7.10. The summed E-state index contributed by atoms with van der Waals surface area (Å²) < 4.78 is 20.0. The number of para-hydroxylation sites is 1. The molecular formula is C27H27FN2O3S. The molecule has 1 atom stereocenters. The minimum atomic E-state index is -0.425. The molecule has 0 unspecified atom stereocenters. The van der Waals surface area contributed by atoms with Crippen LogP contribution < -0.4 is 4.74 Å². The van der Waals surface area contributed by atoms with Crippen LogP contribution in [0.4, 0.5) is 4.39 Å². The number of carbonyl (C=O) groups excluding carboxylic acids is 2. The molecule has 1 aromatic heterocycles. The summed E-state index contributed by atoms with van der Waals surface area (Å²) in [4.78, 5) is 31.5. The zero-order valence-electron chi connectivity index (χ0n) is 18.9. The lowest BCUT2D eigenvalue weighted by atomic mass is 10.00. The van der Waals surface area contributed by atoms with Gasteiger partial charge < -0.3 is 14.5 Å². The highest BCUT2D eigenvalue weighted by Gasteiger charge is 2.35. The van der Waals surface area contributed by atoms with Crippen molar-refractivity contribution in [3.8, 4) is 5.75 Å². The van der Waals surface area contributed by atoms with Crippen LogP contribution >= 0.6 is 11.3 Å². The lowest BCUT2D eigenvalue weighted by Gasteiger charge is -2.37. The molecule has 2 heterocycles. The molecule has 1 aliphatic carbocycles. The first kappa shape index (κ1) is 22.6. The van der Waals surface area contributed by atoms with E-state index < -0.39 is 5.82 Å². The first-order valence-corrected chi connectivity index (χ1v) is 12.6. The normalized spacial score (nSPS) is 17.2.